The topological polar surface area (TPSA) is 76.0 Å². The van der Waals surface area contributed by atoms with Crippen LogP contribution in [0.1, 0.15) is 70.3 Å². The van der Waals surface area contributed by atoms with E-state index in [0.717, 1.165) is 32.1 Å². The van der Waals surface area contributed by atoms with E-state index in [1.165, 1.54) is 37.7 Å². The second kappa shape index (κ2) is 8.83. The number of anilines is 1. The lowest BCUT2D eigenvalue weighted by molar-refractivity contribution is -0.136. The number of allylic oxidation sites excluding steroid dienone is 1. The summed E-state index contributed by atoms with van der Waals surface area (Å²) in [7, 11) is 0. The molecule has 0 atom stereocenters. The molecule has 1 aromatic rings. The normalized spacial score (nSPS) is 18.5. The first-order chi connectivity index (χ1) is 12.2. The summed E-state index contributed by atoms with van der Waals surface area (Å²) in [5.41, 5.74) is 1.39. The maximum atomic E-state index is 12.1. The molecule has 0 radical (unpaired) electrons. The van der Waals surface area contributed by atoms with Crippen molar-refractivity contribution in [3.63, 3.8) is 0 Å². The Morgan fingerprint density at radius 2 is 1.96 bits per heavy atom. The van der Waals surface area contributed by atoms with Crippen molar-refractivity contribution in [2.75, 3.05) is 11.9 Å². The van der Waals surface area contributed by atoms with Gasteiger partial charge in [-0.1, -0.05) is 30.9 Å². The quantitative estimate of drug-likeness (QED) is 0.635. The minimum absolute atomic E-state index is 0.320. The maximum Gasteiger partial charge on any atom is 0.314 e. The first-order valence-electron chi connectivity index (χ1n) is 9.54. The molecule has 2 aliphatic carbocycles. The molecule has 1 aromatic heterocycles. The van der Waals surface area contributed by atoms with Gasteiger partial charge in [0.2, 0.25) is 0 Å². The van der Waals surface area contributed by atoms with Crippen LogP contribution < -0.4 is 10.6 Å². The van der Waals surface area contributed by atoms with E-state index in [-0.39, 0.29) is 0 Å². The maximum absolute atomic E-state index is 12.1. The van der Waals surface area contributed by atoms with Gasteiger partial charge in [-0.3, -0.25) is 9.59 Å². The van der Waals surface area contributed by atoms with E-state index in [1.54, 1.807) is 12.3 Å². The van der Waals surface area contributed by atoms with Crippen LogP contribution in [0, 0.1) is 0 Å². The summed E-state index contributed by atoms with van der Waals surface area (Å²) in [5.74, 6) is -0.579. The minimum Gasteiger partial charge on any atom is -0.348 e. The Kier molecular flexibility index (Phi) is 6.25. The molecule has 136 valence electrons. The molecule has 0 bridgehead atoms. The third-order valence-electron chi connectivity index (χ3n) is 5.16. The number of nitrogens with one attached hydrogen (secondary N) is 2. The van der Waals surface area contributed by atoms with Crippen LogP contribution in [0.5, 0.6) is 0 Å². The van der Waals surface area contributed by atoms with Crippen LogP contribution in [0.3, 0.4) is 0 Å². The smallest absolute Gasteiger partial charge is 0.314 e. The van der Waals surface area contributed by atoms with Gasteiger partial charge >= 0.3 is 11.8 Å². The Hall–Kier alpha value is -2.11. The molecular weight excluding hydrogens is 316 g/mol. The minimum atomic E-state index is -0.616. The van der Waals surface area contributed by atoms with Crippen LogP contribution in [0.15, 0.2) is 23.9 Å². The Balaban J connectivity index is 1.47. The lowest BCUT2D eigenvalue weighted by Gasteiger charge is -2.23. The second-order valence-electron chi connectivity index (χ2n) is 7.02. The standard InChI is InChI=1S/C19H28N4O2/c24-18(20-13-11-15-7-3-1-4-8-15)19(25)22-17-12-14-21-23(17)16-9-5-2-6-10-16/h7,12,14,16H,1-6,8-11,13H2,(H,20,24)(H,22,25). The zero-order valence-corrected chi connectivity index (χ0v) is 14.8. The van der Waals surface area contributed by atoms with Crippen LogP contribution in [0.4, 0.5) is 5.82 Å². The summed E-state index contributed by atoms with van der Waals surface area (Å²) in [6.45, 7) is 0.514. The molecule has 2 N–H and O–H groups in total. The van der Waals surface area contributed by atoms with Gasteiger partial charge in [0.05, 0.1) is 12.2 Å². The Morgan fingerprint density at radius 3 is 2.72 bits per heavy atom. The second-order valence-corrected chi connectivity index (χ2v) is 7.02. The van der Waals surface area contributed by atoms with Crippen LogP contribution in [-0.2, 0) is 9.59 Å². The number of carbonyl (C=O) groups excluding carboxylic acids is 2. The van der Waals surface area contributed by atoms with Crippen molar-refractivity contribution in [1.82, 2.24) is 15.1 Å². The Bertz CT molecular complexity index is 629. The highest BCUT2D eigenvalue weighted by molar-refractivity contribution is 6.39. The monoisotopic (exact) mass is 344 g/mol. The van der Waals surface area contributed by atoms with Gasteiger partial charge in [0.15, 0.2) is 0 Å². The molecule has 2 amide bonds. The average molecular weight is 344 g/mol. The third-order valence-corrected chi connectivity index (χ3v) is 5.16. The Labute approximate surface area is 149 Å². The number of rotatable bonds is 5. The summed E-state index contributed by atoms with van der Waals surface area (Å²) in [5, 5.41) is 9.77. The lowest BCUT2D eigenvalue weighted by atomic mass is 9.96. The molecule has 1 fully saturated rings. The summed E-state index contributed by atoms with van der Waals surface area (Å²) in [4.78, 5) is 24.2. The largest absolute Gasteiger partial charge is 0.348 e. The van der Waals surface area contributed by atoms with Gasteiger partial charge in [-0.05, 0) is 44.9 Å². The van der Waals surface area contributed by atoms with Crippen LogP contribution in [0.25, 0.3) is 0 Å². The number of amides is 2. The van der Waals surface area contributed by atoms with Crippen molar-refractivity contribution in [2.45, 2.75) is 70.3 Å². The van der Waals surface area contributed by atoms with Crippen molar-refractivity contribution >= 4 is 17.6 Å². The van der Waals surface area contributed by atoms with Crippen molar-refractivity contribution in [3.8, 4) is 0 Å². The molecule has 3 rings (SSSR count). The number of carbonyl (C=O) groups is 2. The van der Waals surface area contributed by atoms with E-state index in [0.29, 0.717) is 18.4 Å². The van der Waals surface area contributed by atoms with Crippen LogP contribution in [-0.4, -0.2) is 28.1 Å². The van der Waals surface area contributed by atoms with Crippen molar-refractivity contribution in [2.24, 2.45) is 0 Å². The van der Waals surface area contributed by atoms with E-state index >= 15 is 0 Å². The van der Waals surface area contributed by atoms with E-state index in [9.17, 15) is 9.59 Å². The van der Waals surface area contributed by atoms with Gasteiger partial charge in [0, 0.05) is 12.6 Å². The zero-order valence-electron chi connectivity index (χ0n) is 14.8. The van der Waals surface area contributed by atoms with Crippen molar-refractivity contribution < 1.29 is 9.59 Å². The SMILES string of the molecule is O=C(NCCC1=CCCCC1)C(=O)Nc1ccnn1C1CCCCC1. The lowest BCUT2D eigenvalue weighted by Crippen LogP contribution is -2.36. The molecular formula is C19H28N4O2. The van der Waals surface area contributed by atoms with Gasteiger partial charge in [-0.2, -0.15) is 5.10 Å². The van der Waals surface area contributed by atoms with Crippen LogP contribution >= 0.6 is 0 Å². The average Bonchev–Trinajstić information content (AvgIpc) is 3.11. The van der Waals surface area contributed by atoms with Gasteiger partial charge < -0.3 is 10.6 Å². The summed E-state index contributed by atoms with van der Waals surface area (Å²) < 4.78 is 1.86. The predicted molar refractivity (Wildman–Crippen MR) is 97.2 cm³/mol. The Morgan fingerprint density at radius 1 is 1.12 bits per heavy atom. The highest BCUT2D eigenvalue weighted by atomic mass is 16.2. The molecule has 0 aliphatic heterocycles. The van der Waals surface area contributed by atoms with Gasteiger partial charge in [0.25, 0.3) is 0 Å². The first-order valence-corrected chi connectivity index (χ1v) is 9.54. The molecule has 1 saturated carbocycles. The molecule has 6 heteroatoms. The molecule has 0 saturated heterocycles. The van der Waals surface area contributed by atoms with Crippen LogP contribution in [0.2, 0.25) is 0 Å². The number of nitrogens with zero attached hydrogens (tertiary/aromatic N) is 2. The first kappa shape index (κ1) is 17.7. The van der Waals surface area contributed by atoms with Gasteiger partial charge in [0.1, 0.15) is 5.82 Å². The van der Waals surface area contributed by atoms with E-state index in [1.807, 2.05) is 4.68 Å². The molecule has 6 nitrogen and oxygen atoms in total. The molecule has 0 unspecified atom stereocenters. The fourth-order valence-electron chi connectivity index (χ4n) is 3.75. The third kappa shape index (κ3) is 4.94. The number of hydrogen-bond donors (Lipinski definition) is 2. The summed E-state index contributed by atoms with van der Waals surface area (Å²) >= 11 is 0. The van der Waals surface area contributed by atoms with Crippen molar-refractivity contribution in [3.05, 3.63) is 23.9 Å². The predicted octanol–water partition coefficient (Wildman–Crippen LogP) is 3.33. The van der Waals surface area contributed by atoms with Gasteiger partial charge in [-0.15, -0.1) is 0 Å². The summed E-state index contributed by atoms with van der Waals surface area (Å²) in [6, 6.07) is 2.08. The highest BCUT2D eigenvalue weighted by Gasteiger charge is 2.21. The fourth-order valence-corrected chi connectivity index (χ4v) is 3.75. The molecule has 0 spiro atoms. The molecule has 0 aromatic carbocycles. The highest BCUT2D eigenvalue weighted by Crippen LogP contribution is 2.29. The number of hydrogen-bond acceptors (Lipinski definition) is 3. The van der Waals surface area contributed by atoms with Crippen molar-refractivity contribution in [1.29, 1.82) is 0 Å². The molecule has 1 heterocycles. The molecule has 2 aliphatic rings. The fraction of sp³-hybridized carbons (Fsp3) is 0.632. The van der Waals surface area contributed by atoms with E-state index < -0.39 is 11.8 Å². The number of aromatic nitrogens is 2. The van der Waals surface area contributed by atoms with Gasteiger partial charge in [-0.25, -0.2) is 4.68 Å². The molecule has 25 heavy (non-hydrogen) atoms. The zero-order chi connectivity index (χ0) is 17.5. The van der Waals surface area contributed by atoms with E-state index in [4.69, 9.17) is 0 Å². The van der Waals surface area contributed by atoms with E-state index in [2.05, 4.69) is 21.8 Å². The summed E-state index contributed by atoms with van der Waals surface area (Å²) in [6.07, 6.45) is 15.3.